The second-order valence-electron chi connectivity index (χ2n) is 3.65. The third-order valence-corrected chi connectivity index (χ3v) is 2.21. The van der Waals surface area contributed by atoms with E-state index >= 15 is 0 Å². The summed E-state index contributed by atoms with van der Waals surface area (Å²) in [5.74, 6) is 0. The molecule has 0 aliphatic carbocycles. The highest BCUT2D eigenvalue weighted by Gasteiger charge is 2.10. The van der Waals surface area contributed by atoms with Gasteiger partial charge in [0.25, 0.3) is 0 Å². The molecule has 1 aromatic rings. The van der Waals surface area contributed by atoms with E-state index in [1.54, 1.807) is 24.5 Å². The van der Waals surface area contributed by atoms with Gasteiger partial charge >= 0.3 is 6.03 Å². The number of urea groups is 1. The maximum Gasteiger partial charge on any atom is 0.321 e. The lowest BCUT2D eigenvalue weighted by Gasteiger charge is -2.21. The van der Waals surface area contributed by atoms with Crippen LogP contribution < -0.4 is 5.32 Å². The van der Waals surface area contributed by atoms with Crippen molar-refractivity contribution in [3.05, 3.63) is 24.5 Å². The molecule has 4 heteroatoms. The van der Waals surface area contributed by atoms with E-state index in [1.165, 1.54) is 0 Å². The summed E-state index contributed by atoms with van der Waals surface area (Å²) in [5.41, 5.74) is 0.789. The third kappa shape index (κ3) is 3.88. The predicted octanol–water partition coefficient (Wildman–Crippen LogP) is 2.74. The molecule has 0 aliphatic heterocycles. The Labute approximate surface area is 96.7 Å². The molecule has 1 heterocycles. The van der Waals surface area contributed by atoms with Gasteiger partial charge in [-0.25, -0.2) is 4.79 Å². The van der Waals surface area contributed by atoms with Crippen molar-refractivity contribution in [1.29, 1.82) is 0 Å². The monoisotopic (exact) mass is 221 g/mol. The van der Waals surface area contributed by atoms with Crippen LogP contribution in [0.3, 0.4) is 0 Å². The Bertz CT molecular complexity index is 307. The second kappa shape index (κ2) is 6.82. The highest BCUT2D eigenvalue weighted by molar-refractivity contribution is 5.89. The van der Waals surface area contributed by atoms with Gasteiger partial charge in [0.2, 0.25) is 0 Å². The number of nitrogens with one attached hydrogen (secondary N) is 1. The lowest BCUT2D eigenvalue weighted by molar-refractivity contribution is 0.211. The van der Waals surface area contributed by atoms with Crippen LogP contribution in [0.5, 0.6) is 0 Å². The minimum atomic E-state index is -0.0325. The van der Waals surface area contributed by atoms with Crippen molar-refractivity contribution in [3.63, 3.8) is 0 Å². The predicted molar refractivity (Wildman–Crippen MR) is 65.4 cm³/mol. The van der Waals surface area contributed by atoms with Crippen LogP contribution >= 0.6 is 0 Å². The largest absolute Gasteiger partial charge is 0.325 e. The number of pyridine rings is 1. The number of rotatable bonds is 5. The fraction of sp³-hybridized carbons (Fsp3) is 0.500. The molecular weight excluding hydrogens is 202 g/mol. The Morgan fingerprint density at radius 1 is 1.25 bits per heavy atom. The zero-order valence-corrected chi connectivity index (χ0v) is 9.94. The Morgan fingerprint density at radius 3 is 2.31 bits per heavy atom. The first kappa shape index (κ1) is 12.5. The van der Waals surface area contributed by atoms with Crippen LogP contribution in [0.1, 0.15) is 26.7 Å². The van der Waals surface area contributed by atoms with Crippen molar-refractivity contribution in [2.45, 2.75) is 26.7 Å². The van der Waals surface area contributed by atoms with E-state index < -0.39 is 0 Å². The number of amides is 2. The van der Waals surface area contributed by atoms with E-state index in [4.69, 9.17) is 0 Å². The van der Waals surface area contributed by atoms with Gasteiger partial charge in [0.1, 0.15) is 0 Å². The Morgan fingerprint density at radius 2 is 1.81 bits per heavy atom. The molecule has 88 valence electrons. The van der Waals surface area contributed by atoms with Gasteiger partial charge < -0.3 is 10.2 Å². The first-order valence-corrected chi connectivity index (χ1v) is 5.73. The van der Waals surface area contributed by atoms with E-state index in [9.17, 15) is 4.79 Å². The average Bonchev–Trinajstić information content (AvgIpc) is 2.30. The Balaban J connectivity index is 2.55. The van der Waals surface area contributed by atoms with E-state index in [-0.39, 0.29) is 6.03 Å². The van der Waals surface area contributed by atoms with Gasteiger partial charge in [0.15, 0.2) is 0 Å². The van der Waals surface area contributed by atoms with Crippen molar-refractivity contribution in [1.82, 2.24) is 9.88 Å². The van der Waals surface area contributed by atoms with Gasteiger partial charge in [-0.15, -0.1) is 0 Å². The molecule has 0 spiro atoms. The van der Waals surface area contributed by atoms with E-state index in [2.05, 4.69) is 24.1 Å². The summed E-state index contributed by atoms with van der Waals surface area (Å²) in [4.78, 5) is 17.6. The fourth-order valence-electron chi connectivity index (χ4n) is 1.49. The summed E-state index contributed by atoms with van der Waals surface area (Å²) in [5, 5.41) is 2.86. The lowest BCUT2D eigenvalue weighted by Crippen LogP contribution is -2.36. The number of anilines is 1. The first-order valence-electron chi connectivity index (χ1n) is 5.73. The summed E-state index contributed by atoms with van der Waals surface area (Å²) in [6.45, 7) is 5.74. The number of nitrogens with zero attached hydrogens (tertiary/aromatic N) is 2. The van der Waals surface area contributed by atoms with Crippen LogP contribution in [0.25, 0.3) is 0 Å². The lowest BCUT2D eigenvalue weighted by atomic mass is 10.3. The summed E-state index contributed by atoms with van der Waals surface area (Å²) in [6.07, 6.45) is 5.28. The van der Waals surface area contributed by atoms with Gasteiger partial charge in [-0.05, 0) is 25.0 Å². The smallest absolute Gasteiger partial charge is 0.321 e. The second-order valence-corrected chi connectivity index (χ2v) is 3.65. The highest BCUT2D eigenvalue weighted by atomic mass is 16.2. The fourth-order valence-corrected chi connectivity index (χ4v) is 1.49. The van der Waals surface area contributed by atoms with Crippen LogP contribution in [0.15, 0.2) is 24.5 Å². The van der Waals surface area contributed by atoms with E-state index in [0.717, 1.165) is 31.6 Å². The topological polar surface area (TPSA) is 45.2 Å². The van der Waals surface area contributed by atoms with Crippen LogP contribution in [-0.4, -0.2) is 29.0 Å². The van der Waals surface area contributed by atoms with Crippen LogP contribution in [-0.2, 0) is 0 Å². The number of aromatic nitrogens is 1. The first-order chi connectivity index (χ1) is 7.77. The molecule has 0 saturated heterocycles. The summed E-state index contributed by atoms with van der Waals surface area (Å²) < 4.78 is 0. The standard InChI is InChI=1S/C12H19N3O/c1-3-9-15(10-4-2)12(16)14-11-5-7-13-8-6-11/h5-8H,3-4,9-10H2,1-2H3,(H,13,14,16). The van der Waals surface area contributed by atoms with Gasteiger partial charge in [-0.3, -0.25) is 4.98 Å². The molecule has 0 atom stereocenters. The average molecular weight is 221 g/mol. The molecule has 0 unspecified atom stereocenters. The Hall–Kier alpha value is -1.58. The minimum Gasteiger partial charge on any atom is -0.325 e. The molecule has 2 amide bonds. The number of carbonyl (C=O) groups is 1. The quantitative estimate of drug-likeness (QED) is 0.831. The molecule has 1 rings (SSSR count). The third-order valence-electron chi connectivity index (χ3n) is 2.21. The zero-order valence-electron chi connectivity index (χ0n) is 9.94. The molecular formula is C12H19N3O. The van der Waals surface area contributed by atoms with E-state index in [0.29, 0.717) is 0 Å². The van der Waals surface area contributed by atoms with Crippen molar-refractivity contribution in [3.8, 4) is 0 Å². The van der Waals surface area contributed by atoms with Gasteiger partial charge in [-0.2, -0.15) is 0 Å². The van der Waals surface area contributed by atoms with Crippen molar-refractivity contribution in [2.24, 2.45) is 0 Å². The van der Waals surface area contributed by atoms with Gasteiger partial charge in [0.05, 0.1) is 0 Å². The normalized spacial score (nSPS) is 9.88. The zero-order chi connectivity index (χ0) is 11.8. The molecule has 0 aromatic carbocycles. The van der Waals surface area contributed by atoms with Crippen molar-refractivity contribution < 1.29 is 4.79 Å². The molecule has 0 aliphatic rings. The summed E-state index contributed by atoms with van der Waals surface area (Å²) in [7, 11) is 0. The van der Waals surface area contributed by atoms with Crippen LogP contribution in [0.4, 0.5) is 10.5 Å². The van der Waals surface area contributed by atoms with Gasteiger partial charge in [-0.1, -0.05) is 13.8 Å². The SMILES string of the molecule is CCCN(CCC)C(=O)Nc1ccncc1. The van der Waals surface area contributed by atoms with Gasteiger partial charge in [0, 0.05) is 31.2 Å². The Kier molecular flexibility index (Phi) is 5.32. The number of hydrogen-bond acceptors (Lipinski definition) is 2. The summed E-state index contributed by atoms with van der Waals surface area (Å²) in [6, 6.07) is 3.54. The van der Waals surface area contributed by atoms with Crippen molar-refractivity contribution >= 4 is 11.7 Å². The van der Waals surface area contributed by atoms with Crippen LogP contribution in [0.2, 0.25) is 0 Å². The number of carbonyl (C=O) groups excluding carboxylic acids is 1. The maximum absolute atomic E-state index is 11.9. The maximum atomic E-state index is 11.9. The highest BCUT2D eigenvalue weighted by Crippen LogP contribution is 2.05. The minimum absolute atomic E-state index is 0.0325. The molecule has 0 radical (unpaired) electrons. The molecule has 16 heavy (non-hydrogen) atoms. The molecule has 1 aromatic heterocycles. The van der Waals surface area contributed by atoms with Crippen LogP contribution in [0, 0.1) is 0 Å². The summed E-state index contributed by atoms with van der Waals surface area (Å²) >= 11 is 0. The van der Waals surface area contributed by atoms with Crippen molar-refractivity contribution in [2.75, 3.05) is 18.4 Å². The molecule has 0 saturated carbocycles. The number of hydrogen-bond donors (Lipinski definition) is 1. The molecule has 4 nitrogen and oxygen atoms in total. The molecule has 0 bridgehead atoms. The molecule has 0 fully saturated rings. The molecule has 1 N–H and O–H groups in total. The van der Waals surface area contributed by atoms with E-state index in [1.807, 2.05) is 4.90 Å².